The van der Waals surface area contributed by atoms with Crippen LogP contribution in [0.15, 0.2) is 43.0 Å². The molecule has 124 valence electrons. The molecule has 0 spiro atoms. The van der Waals surface area contributed by atoms with Crippen LogP contribution in [0.1, 0.15) is 24.8 Å². The van der Waals surface area contributed by atoms with Crippen LogP contribution in [-0.4, -0.2) is 33.9 Å². The van der Waals surface area contributed by atoms with Crippen LogP contribution in [0, 0.1) is 0 Å². The van der Waals surface area contributed by atoms with E-state index in [0.717, 1.165) is 23.7 Å². The lowest BCUT2D eigenvalue weighted by atomic mass is 10.2. The monoisotopic (exact) mass is 335 g/mol. The van der Waals surface area contributed by atoms with E-state index in [1.54, 1.807) is 6.08 Å². The lowest BCUT2D eigenvalue weighted by Crippen LogP contribution is -2.41. The summed E-state index contributed by atoms with van der Waals surface area (Å²) in [4.78, 5) is 34.6. The minimum absolute atomic E-state index is 0.169. The van der Waals surface area contributed by atoms with Crippen molar-refractivity contribution in [2.75, 3.05) is 5.75 Å². The molecule has 0 heterocycles. The quantitative estimate of drug-likeness (QED) is 0.642. The van der Waals surface area contributed by atoms with E-state index in [9.17, 15) is 14.4 Å². The van der Waals surface area contributed by atoms with Crippen LogP contribution in [-0.2, 0) is 20.8 Å². The Labute approximate surface area is 140 Å². The first-order valence-electron chi connectivity index (χ1n) is 7.35. The SMILES string of the molecule is C=CCCC(=O)N[C@@H](CC(=O)SCCc1ccccc1)C(=O)O. The van der Waals surface area contributed by atoms with Gasteiger partial charge in [0.2, 0.25) is 5.91 Å². The Bertz CT molecular complexity index is 545. The van der Waals surface area contributed by atoms with E-state index in [1.807, 2.05) is 30.3 Å². The van der Waals surface area contributed by atoms with E-state index in [2.05, 4.69) is 11.9 Å². The Hall–Kier alpha value is -2.08. The third-order valence-electron chi connectivity index (χ3n) is 3.08. The average molecular weight is 335 g/mol. The van der Waals surface area contributed by atoms with Gasteiger partial charge in [0, 0.05) is 18.6 Å². The fourth-order valence-electron chi connectivity index (χ4n) is 1.85. The van der Waals surface area contributed by atoms with Gasteiger partial charge in [-0.2, -0.15) is 0 Å². The number of aliphatic carboxylic acids is 1. The highest BCUT2D eigenvalue weighted by molar-refractivity contribution is 8.13. The first-order chi connectivity index (χ1) is 11.0. The van der Waals surface area contributed by atoms with Crippen molar-refractivity contribution in [2.45, 2.75) is 31.7 Å². The van der Waals surface area contributed by atoms with Crippen molar-refractivity contribution < 1.29 is 19.5 Å². The van der Waals surface area contributed by atoms with Gasteiger partial charge in [-0.25, -0.2) is 4.79 Å². The Balaban J connectivity index is 2.37. The van der Waals surface area contributed by atoms with Crippen molar-refractivity contribution in [2.24, 2.45) is 0 Å². The van der Waals surface area contributed by atoms with Gasteiger partial charge >= 0.3 is 5.97 Å². The number of rotatable bonds is 10. The molecule has 5 nitrogen and oxygen atoms in total. The normalized spacial score (nSPS) is 11.5. The highest BCUT2D eigenvalue weighted by atomic mass is 32.2. The Morgan fingerprint density at radius 1 is 1.26 bits per heavy atom. The number of hydrogen-bond acceptors (Lipinski definition) is 4. The Kier molecular flexibility index (Phi) is 8.75. The fourth-order valence-corrected chi connectivity index (χ4v) is 2.70. The number of carbonyl (C=O) groups is 3. The van der Waals surface area contributed by atoms with E-state index in [0.29, 0.717) is 12.2 Å². The fraction of sp³-hybridized carbons (Fsp3) is 0.353. The number of thioether (sulfide) groups is 1. The number of carboxylic acids is 1. The van der Waals surface area contributed by atoms with E-state index in [4.69, 9.17) is 5.11 Å². The molecule has 6 heteroatoms. The average Bonchev–Trinajstić information content (AvgIpc) is 2.53. The molecule has 0 aromatic heterocycles. The van der Waals surface area contributed by atoms with Gasteiger partial charge < -0.3 is 10.4 Å². The maximum Gasteiger partial charge on any atom is 0.326 e. The number of allylic oxidation sites excluding steroid dienone is 1. The second-order valence-corrected chi connectivity index (χ2v) is 6.10. The molecule has 0 bridgehead atoms. The standard InChI is InChI=1S/C17H21NO4S/c1-2-3-9-15(19)18-14(17(21)22)12-16(20)23-11-10-13-7-5-4-6-8-13/h2,4-8,14H,1,3,9-12H2,(H,18,19)(H,21,22)/t14-/m0/s1. The molecule has 0 radical (unpaired) electrons. The molecule has 1 rings (SSSR count). The first kappa shape index (κ1) is 19.0. The maximum atomic E-state index is 11.9. The zero-order valence-electron chi connectivity index (χ0n) is 12.9. The van der Waals surface area contributed by atoms with Crippen molar-refractivity contribution in [1.82, 2.24) is 5.32 Å². The summed E-state index contributed by atoms with van der Waals surface area (Å²) in [5, 5.41) is 11.2. The second-order valence-electron chi connectivity index (χ2n) is 4.95. The summed E-state index contributed by atoms with van der Waals surface area (Å²) in [6.45, 7) is 3.50. The van der Waals surface area contributed by atoms with E-state index in [1.165, 1.54) is 0 Å². The third kappa shape index (κ3) is 8.21. The first-order valence-corrected chi connectivity index (χ1v) is 8.34. The number of aryl methyl sites for hydroxylation is 1. The number of benzene rings is 1. The second kappa shape index (κ2) is 10.6. The molecule has 2 N–H and O–H groups in total. The molecule has 1 atom stereocenters. The topological polar surface area (TPSA) is 83.5 Å². The molecular formula is C17H21NO4S. The van der Waals surface area contributed by atoms with Crippen molar-refractivity contribution in [3.8, 4) is 0 Å². The highest BCUT2D eigenvalue weighted by Crippen LogP contribution is 2.12. The third-order valence-corrected chi connectivity index (χ3v) is 3.97. The molecule has 0 aliphatic heterocycles. The van der Waals surface area contributed by atoms with Crippen molar-refractivity contribution >= 4 is 28.8 Å². The Morgan fingerprint density at radius 2 is 1.96 bits per heavy atom. The summed E-state index contributed by atoms with van der Waals surface area (Å²) < 4.78 is 0. The van der Waals surface area contributed by atoms with E-state index < -0.39 is 12.0 Å². The van der Waals surface area contributed by atoms with Crippen molar-refractivity contribution in [3.63, 3.8) is 0 Å². The van der Waals surface area contributed by atoms with Crippen LogP contribution in [0.3, 0.4) is 0 Å². The van der Waals surface area contributed by atoms with Crippen LogP contribution in [0.25, 0.3) is 0 Å². The molecule has 0 saturated heterocycles. The summed E-state index contributed by atoms with van der Waals surface area (Å²) >= 11 is 1.09. The van der Waals surface area contributed by atoms with E-state index in [-0.39, 0.29) is 23.9 Å². The van der Waals surface area contributed by atoms with Crippen LogP contribution in [0.4, 0.5) is 0 Å². The molecule has 23 heavy (non-hydrogen) atoms. The molecule has 0 aliphatic rings. The van der Waals surface area contributed by atoms with Crippen molar-refractivity contribution in [3.05, 3.63) is 48.6 Å². The van der Waals surface area contributed by atoms with Crippen LogP contribution < -0.4 is 5.32 Å². The molecule has 1 aromatic rings. The molecule has 1 aromatic carbocycles. The predicted molar refractivity (Wildman–Crippen MR) is 91.2 cm³/mol. The van der Waals surface area contributed by atoms with Gasteiger partial charge in [-0.3, -0.25) is 9.59 Å². The molecule has 0 fully saturated rings. The molecule has 0 saturated carbocycles. The zero-order valence-corrected chi connectivity index (χ0v) is 13.7. The molecular weight excluding hydrogens is 314 g/mol. The van der Waals surface area contributed by atoms with Crippen LogP contribution in [0.5, 0.6) is 0 Å². The number of hydrogen-bond donors (Lipinski definition) is 2. The van der Waals surface area contributed by atoms with Crippen molar-refractivity contribution in [1.29, 1.82) is 0 Å². The zero-order chi connectivity index (χ0) is 17.1. The molecule has 0 aliphatic carbocycles. The number of carbonyl (C=O) groups excluding carboxylic acids is 2. The van der Waals surface area contributed by atoms with Gasteiger partial charge in [-0.1, -0.05) is 48.2 Å². The number of nitrogens with one attached hydrogen (secondary N) is 1. The summed E-state index contributed by atoms with van der Waals surface area (Å²) in [7, 11) is 0. The summed E-state index contributed by atoms with van der Waals surface area (Å²) in [6, 6.07) is 8.57. The van der Waals surface area contributed by atoms with Gasteiger partial charge in [0.15, 0.2) is 5.12 Å². The summed E-state index contributed by atoms with van der Waals surface area (Å²) in [6.07, 6.45) is 2.75. The van der Waals surface area contributed by atoms with Gasteiger partial charge in [0.05, 0.1) is 0 Å². The van der Waals surface area contributed by atoms with E-state index >= 15 is 0 Å². The lowest BCUT2D eigenvalue weighted by molar-refractivity contribution is -0.142. The van der Waals surface area contributed by atoms with Gasteiger partial charge in [-0.15, -0.1) is 6.58 Å². The summed E-state index contributed by atoms with van der Waals surface area (Å²) in [5.74, 6) is -1.01. The predicted octanol–water partition coefficient (Wildman–Crippen LogP) is 2.41. The van der Waals surface area contributed by atoms with Crippen LogP contribution >= 0.6 is 11.8 Å². The largest absolute Gasteiger partial charge is 0.480 e. The van der Waals surface area contributed by atoms with Gasteiger partial charge in [0.1, 0.15) is 6.04 Å². The summed E-state index contributed by atoms with van der Waals surface area (Å²) in [5.41, 5.74) is 1.13. The molecule has 0 unspecified atom stereocenters. The van der Waals surface area contributed by atoms with Gasteiger partial charge in [-0.05, 0) is 18.4 Å². The lowest BCUT2D eigenvalue weighted by Gasteiger charge is -2.13. The minimum atomic E-state index is -1.20. The maximum absolute atomic E-state index is 11.9. The Morgan fingerprint density at radius 3 is 2.57 bits per heavy atom. The van der Waals surface area contributed by atoms with Gasteiger partial charge in [0.25, 0.3) is 0 Å². The molecule has 1 amide bonds. The number of amides is 1. The number of carboxylic acid groups (broad SMARTS) is 1. The smallest absolute Gasteiger partial charge is 0.326 e. The highest BCUT2D eigenvalue weighted by Gasteiger charge is 2.23. The minimum Gasteiger partial charge on any atom is -0.480 e. The van der Waals surface area contributed by atoms with Crippen LogP contribution in [0.2, 0.25) is 0 Å².